The minimum atomic E-state index is -3.80. The van der Waals surface area contributed by atoms with Crippen molar-refractivity contribution in [3.8, 4) is 0 Å². The Balaban J connectivity index is 1.72. The number of nitrogens with one attached hydrogen (secondary N) is 2. The molecular weight excluding hydrogens is 363 g/mol. The minimum Gasteiger partial charge on any atom is -0.321 e. The van der Waals surface area contributed by atoms with Crippen LogP contribution in [0, 0.1) is 5.82 Å². The Morgan fingerprint density at radius 2 is 1.56 bits per heavy atom. The van der Waals surface area contributed by atoms with Crippen molar-refractivity contribution in [2.24, 2.45) is 0 Å². The van der Waals surface area contributed by atoms with Crippen molar-refractivity contribution in [2.45, 2.75) is 4.90 Å². The van der Waals surface area contributed by atoms with Gasteiger partial charge >= 0.3 is 0 Å². The first-order valence-electron chi connectivity index (χ1n) is 7.17. The van der Waals surface area contributed by atoms with Crippen molar-refractivity contribution in [3.05, 3.63) is 76.7 Å². The third-order valence-electron chi connectivity index (χ3n) is 3.26. The van der Waals surface area contributed by atoms with Crippen molar-refractivity contribution < 1.29 is 17.6 Å². The van der Waals surface area contributed by atoms with Gasteiger partial charge in [-0.05, 0) is 60.0 Å². The van der Waals surface area contributed by atoms with Crippen LogP contribution in [0.1, 0.15) is 9.67 Å². The fourth-order valence-corrected chi connectivity index (χ4v) is 3.73. The Morgan fingerprint density at radius 1 is 0.920 bits per heavy atom. The second-order valence-electron chi connectivity index (χ2n) is 5.07. The molecule has 3 rings (SSSR count). The van der Waals surface area contributed by atoms with Gasteiger partial charge in [0.25, 0.3) is 15.9 Å². The fraction of sp³-hybridized carbons (Fsp3) is 0. The zero-order chi connectivity index (χ0) is 17.9. The summed E-state index contributed by atoms with van der Waals surface area (Å²) in [7, 11) is -3.80. The van der Waals surface area contributed by atoms with E-state index in [9.17, 15) is 17.6 Å². The largest absolute Gasteiger partial charge is 0.321 e. The second kappa shape index (κ2) is 7.04. The third-order valence-corrected chi connectivity index (χ3v) is 5.53. The molecule has 0 bridgehead atoms. The first-order valence-corrected chi connectivity index (χ1v) is 9.54. The smallest absolute Gasteiger partial charge is 0.265 e. The monoisotopic (exact) mass is 376 g/mol. The third kappa shape index (κ3) is 4.23. The molecule has 128 valence electrons. The summed E-state index contributed by atoms with van der Waals surface area (Å²) in [5, 5.41) is 4.49. The molecule has 2 N–H and O–H groups in total. The molecular formula is C17H13FN2O3S2. The van der Waals surface area contributed by atoms with Gasteiger partial charge in [0.15, 0.2) is 0 Å². The fourth-order valence-electron chi connectivity index (χ4n) is 2.05. The van der Waals surface area contributed by atoms with Gasteiger partial charge in [-0.2, -0.15) is 0 Å². The molecule has 0 radical (unpaired) electrons. The summed E-state index contributed by atoms with van der Waals surface area (Å²) in [6, 6.07) is 14.3. The number of carbonyl (C=O) groups is 1. The summed E-state index contributed by atoms with van der Waals surface area (Å²) in [6.45, 7) is 0. The van der Waals surface area contributed by atoms with E-state index >= 15 is 0 Å². The van der Waals surface area contributed by atoms with Gasteiger partial charge in [-0.3, -0.25) is 9.52 Å². The molecule has 2 aromatic carbocycles. The Hall–Kier alpha value is -2.71. The van der Waals surface area contributed by atoms with Gasteiger partial charge in [0.1, 0.15) is 5.82 Å². The number of hydrogen-bond acceptors (Lipinski definition) is 4. The lowest BCUT2D eigenvalue weighted by molar-refractivity contribution is 0.103. The SMILES string of the molecule is O=C(Nc1ccc(S(=O)(=O)Nc2ccc(F)cc2)cc1)c1cccs1. The number of carbonyl (C=O) groups excluding carboxylic acids is 1. The maximum Gasteiger partial charge on any atom is 0.265 e. The topological polar surface area (TPSA) is 75.3 Å². The van der Waals surface area contributed by atoms with Crippen molar-refractivity contribution in [1.82, 2.24) is 0 Å². The molecule has 5 nitrogen and oxygen atoms in total. The number of sulfonamides is 1. The van der Waals surface area contributed by atoms with Crippen molar-refractivity contribution >= 4 is 38.6 Å². The first kappa shape index (κ1) is 17.1. The molecule has 8 heteroatoms. The summed E-state index contributed by atoms with van der Waals surface area (Å²) in [4.78, 5) is 12.6. The van der Waals surface area contributed by atoms with Crippen molar-refractivity contribution in [1.29, 1.82) is 0 Å². The lowest BCUT2D eigenvalue weighted by Crippen LogP contribution is -2.13. The normalized spacial score (nSPS) is 11.1. The van der Waals surface area contributed by atoms with E-state index in [1.807, 2.05) is 0 Å². The summed E-state index contributed by atoms with van der Waals surface area (Å²) in [5.74, 6) is -0.705. The van der Waals surface area contributed by atoms with E-state index in [-0.39, 0.29) is 16.5 Å². The lowest BCUT2D eigenvalue weighted by atomic mass is 10.3. The van der Waals surface area contributed by atoms with Crippen LogP contribution >= 0.6 is 11.3 Å². The van der Waals surface area contributed by atoms with Gasteiger partial charge in [-0.15, -0.1) is 11.3 Å². The quantitative estimate of drug-likeness (QED) is 0.708. The van der Waals surface area contributed by atoms with E-state index in [2.05, 4.69) is 10.0 Å². The second-order valence-corrected chi connectivity index (χ2v) is 7.70. The van der Waals surface area contributed by atoms with Crippen LogP contribution in [0.3, 0.4) is 0 Å². The van der Waals surface area contributed by atoms with Crippen molar-refractivity contribution in [3.63, 3.8) is 0 Å². The number of benzene rings is 2. The van der Waals surface area contributed by atoms with Gasteiger partial charge in [0, 0.05) is 11.4 Å². The highest BCUT2D eigenvalue weighted by molar-refractivity contribution is 7.92. The number of anilines is 2. The van der Waals surface area contributed by atoms with Gasteiger partial charge in [-0.1, -0.05) is 6.07 Å². The molecule has 1 heterocycles. The zero-order valence-corrected chi connectivity index (χ0v) is 14.4. The number of thiophene rings is 1. The van der Waals surface area contributed by atoms with E-state index < -0.39 is 15.8 Å². The van der Waals surface area contributed by atoms with Crippen LogP contribution in [0.2, 0.25) is 0 Å². The summed E-state index contributed by atoms with van der Waals surface area (Å²) < 4.78 is 39.9. The molecule has 0 saturated heterocycles. The molecule has 3 aromatic rings. The molecule has 1 amide bonds. The van der Waals surface area contributed by atoms with E-state index in [1.165, 1.54) is 59.9 Å². The van der Waals surface area contributed by atoms with Gasteiger partial charge < -0.3 is 5.32 Å². The molecule has 1 aromatic heterocycles. The summed E-state index contributed by atoms with van der Waals surface area (Å²) in [5.41, 5.74) is 0.746. The Morgan fingerprint density at radius 3 is 2.16 bits per heavy atom. The Bertz CT molecular complexity index is 968. The number of amides is 1. The first-order chi connectivity index (χ1) is 11.9. The standard InChI is InChI=1S/C17H13FN2O3S2/c18-12-3-5-14(6-4-12)20-25(22,23)15-9-7-13(8-10-15)19-17(21)16-2-1-11-24-16/h1-11,20H,(H,19,21). The number of hydrogen-bond donors (Lipinski definition) is 2. The van der Waals surface area contributed by atoms with Crippen LogP contribution in [0.25, 0.3) is 0 Å². The highest BCUT2D eigenvalue weighted by Gasteiger charge is 2.14. The van der Waals surface area contributed by atoms with Gasteiger partial charge in [0.2, 0.25) is 0 Å². The van der Waals surface area contributed by atoms with Crippen LogP contribution in [0.5, 0.6) is 0 Å². The minimum absolute atomic E-state index is 0.0333. The maximum absolute atomic E-state index is 12.9. The van der Waals surface area contributed by atoms with E-state index in [0.29, 0.717) is 10.6 Å². The van der Waals surface area contributed by atoms with Gasteiger partial charge in [0.05, 0.1) is 9.77 Å². The van der Waals surface area contributed by atoms with Crippen LogP contribution in [0.15, 0.2) is 70.9 Å². The number of rotatable bonds is 5. The van der Waals surface area contributed by atoms with Crippen LogP contribution in [-0.2, 0) is 10.0 Å². The molecule has 0 aliphatic heterocycles. The van der Waals surface area contributed by atoms with Crippen LogP contribution in [0.4, 0.5) is 15.8 Å². The van der Waals surface area contributed by atoms with E-state index in [4.69, 9.17) is 0 Å². The van der Waals surface area contributed by atoms with E-state index in [0.717, 1.165) is 0 Å². The van der Waals surface area contributed by atoms with Crippen LogP contribution in [-0.4, -0.2) is 14.3 Å². The van der Waals surface area contributed by atoms with E-state index in [1.54, 1.807) is 17.5 Å². The van der Waals surface area contributed by atoms with Crippen LogP contribution < -0.4 is 10.0 Å². The maximum atomic E-state index is 12.9. The zero-order valence-electron chi connectivity index (χ0n) is 12.8. The molecule has 0 spiro atoms. The molecule has 0 fully saturated rings. The molecule has 0 aliphatic carbocycles. The lowest BCUT2D eigenvalue weighted by Gasteiger charge is -2.09. The predicted octanol–water partition coefficient (Wildman–Crippen LogP) is 3.94. The predicted molar refractivity (Wildman–Crippen MR) is 95.9 cm³/mol. The summed E-state index contributed by atoms with van der Waals surface area (Å²) >= 11 is 1.32. The molecule has 0 atom stereocenters. The highest BCUT2D eigenvalue weighted by Crippen LogP contribution is 2.19. The Kier molecular flexibility index (Phi) is 4.82. The molecule has 0 unspecified atom stereocenters. The molecule has 0 saturated carbocycles. The summed E-state index contributed by atoms with van der Waals surface area (Å²) in [6.07, 6.45) is 0. The highest BCUT2D eigenvalue weighted by atomic mass is 32.2. The molecule has 25 heavy (non-hydrogen) atoms. The molecule has 0 aliphatic rings. The average Bonchev–Trinajstić information content (AvgIpc) is 3.12. The number of halogens is 1. The van der Waals surface area contributed by atoms with Gasteiger partial charge in [-0.25, -0.2) is 12.8 Å². The Labute approximate surface area is 148 Å². The van der Waals surface area contributed by atoms with Crippen molar-refractivity contribution in [2.75, 3.05) is 10.0 Å². The average molecular weight is 376 g/mol.